The molecule has 1 aliphatic rings. The normalized spacial score (nSPS) is 18.2. The molecule has 1 aromatic rings. The lowest BCUT2D eigenvalue weighted by Gasteiger charge is -2.32. The average molecular weight is 345 g/mol. The molecule has 1 amide bonds. The van der Waals surface area contributed by atoms with Gasteiger partial charge in [-0.15, -0.1) is 0 Å². The molecule has 0 bridgehead atoms. The maximum absolute atomic E-state index is 12.3. The number of hydrogen-bond acceptors (Lipinski definition) is 3. The van der Waals surface area contributed by atoms with Crippen molar-refractivity contribution in [2.24, 2.45) is 5.92 Å². The lowest BCUT2D eigenvalue weighted by molar-refractivity contribution is -0.133. The number of carbonyl (C=O) groups excluding carboxylic acids is 1. The molecule has 5 nitrogen and oxygen atoms in total. The highest BCUT2D eigenvalue weighted by Gasteiger charge is 2.27. The zero-order valence-electron chi connectivity index (χ0n) is 12.8. The van der Waals surface area contributed by atoms with Gasteiger partial charge < -0.3 is 4.90 Å². The molecule has 1 saturated heterocycles. The first-order valence-corrected chi connectivity index (χ1v) is 9.22. The summed E-state index contributed by atoms with van der Waals surface area (Å²) in [5.74, 6) is 0.439. The number of piperidine rings is 1. The van der Waals surface area contributed by atoms with Crippen LogP contribution in [-0.4, -0.2) is 38.4 Å². The first-order valence-electron chi connectivity index (χ1n) is 7.36. The van der Waals surface area contributed by atoms with Gasteiger partial charge in [0.05, 0.1) is 10.9 Å². The number of benzene rings is 1. The van der Waals surface area contributed by atoms with Gasteiger partial charge in [0.2, 0.25) is 15.9 Å². The minimum Gasteiger partial charge on any atom is -0.341 e. The second-order valence-corrected chi connectivity index (χ2v) is 7.96. The molecule has 0 aliphatic carbocycles. The monoisotopic (exact) mass is 344 g/mol. The van der Waals surface area contributed by atoms with E-state index in [1.165, 1.54) is 24.3 Å². The van der Waals surface area contributed by atoms with Crippen molar-refractivity contribution >= 4 is 27.5 Å². The highest BCUT2D eigenvalue weighted by atomic mass is 35.5. The third-order valence-corrected chi connectivity index (χ3v) is 5.73. The van der Waals surface area contributed by atoms with E-state index in [4.69, 9.17) is 11.6 Å². The van der Waals surface area contributed by atoms with E-state index in [2.05, 4.69) is 11.6 Å². The van der Waals surface area contributed by atoms with E-state index in [1.54, 1.807) is 11.8 Å². The molecule has 0 aromatic heterocycles. The number of nitrogens with one attached hydrogen (secondary N) is 1. The third kappa shape index (κ3) is 4.21. The van der Waals surface area contributed by atoms with Gasteiger partial charge in [0.25, 0.3) is 0 Å². The van der Waals surface area contributed by atoms with Crippen LogP contribution in [0.25, 0.3) is 0 Å². The summed E-state index contributed by atoms with van der Waals surface area (Å²) < 4.78 is 27.0. The minimum absolute atomic E-state index is 0.101. The molecule has 1 aliphatic heterocycles. The van der Waals surface area contributed by atoms with Crippen LogP contribution in [0.15, 0.2) is 29.2 Å². The Morgan fingerprint density at radius 2 is 1.82 bits per heavy atom. The maximum atomic E-state index is 12.3. The first-order chi connectivity index (χ1) is 10.3. The van der Waals surface area contributed by atoms with E-state index < -0.39 is 16.1 Å². The SMILES string of the molecule is CC1CCN(C(=O)[C@@H](C)NS(=O)(=O)c2ccc(Cl)cc2)CC1. The highest BCUT2D eigenvalue weighted by Crippen LogP contribution is 2.18. The van der Waals surface area contributed by atoms with Crippen LogP contribution in [0.3, 0.4) is 0 Å². The standard InChI is InChI=1S/C15H21ClN2O3S/c1-11-7-9-18(10-8-11)15(19)12(2)17-22(20,21)14-5-3-13(16)4-6-14/h3-6,11-12,17H,7-10H2,1-2H3/t12-/m1/s1. The lowest BCUT2D eigenvalue weighted by Crippen LogP contribution is -2.49. The molecular weight excluding hydrogens is 324 g/mol. The maximum Gasteiger partial charge on any atom is 0.241 e. The Labute approximate surface area is 136 Å². The Morgan fingerprint density at radius 1 is 1.27 bits per heavy atom. The molecule has 122 valence electrons. The topological polar surface area (TPSA) is 66.5 Å². The van der Waals surface area contributed by atoms with Gasteiger partial charge in [0, 0.05) is 18.1 Å². The predicted molar refractivity (Wildman–Crippen MR) is 86.2 cm³/mol. The Balaban J connectivity index is 2.02. The van der Waals surface area contributed by atoms with Crippen molar-refractivity contribution in [3.05, 3.63) is 29.3 Å². The Kier molecular flexibility index (Phi) is 5.47. The summed E-state index contributed by atoms with van der Waals surface area (Å²) in [7, 11) is -3.73. The number of likely N-dealkylation sites (tertiary alicyclic amines) is 1. The molecule has 1 N–H and O–H groups in total. The van der Waals surface area contributed by atoms with Gasteiger partial charge in [0.1, 0.15) is 0 Å². The van der Waals surface area contributed by atoms with E-state index >= 15 is 0 Å². The van der Waals surface area contributed by atoms with Crippen LogP contribution in [0.1, 0.15) is 26.7 Å². The fraction of sp³-hybridized carbons (Fsp3) is 0.533. The molecule has 1 fully saturated rings. The molecule has 0 unspecified atom stereocenters. The molecule has 1 aromatic carbocycles. The van der Waals surface area contributed by atoms with Crippen molar-refractivity contribution in [3.63, 3.8) is 0 Å². The van der Waals surface area contributed by atoms with Gasteiger partial charge in [-0.25, -0.2) is 8.42 Å². The second-order valence-electron chi connectivity index (χ2n) is 5.80. The van der Waals surface area contributed by atoms with Crippen molar-refractivity contribution in [2.75, 3.05) is 13.1 Å². The Morgan fingerprint density at radius 3 is 2.36 bits per heavy atom. The Hall–Kier alpha value is -1.11. The van der Waals surface area contributed by atoms with Crippen molar-refractivity contribution in [1.29, 1.82) is 0 Å². The van der Waals surface area contributed by atoms with Crippen LogP contribution in [0.4, 0.5) is 0 Å². The number of carbonyl (C=O) groups is 1. The summed E-state index contributed by atoms with van der Waals surface area (Å²) in [6.07, 6.45) is 1.92. The summed E-state index contributed by atoms with van der Waals surface area (Å²) in [6, 6.07) is 5.08. The molecule has 22 heavy (non-hydrogen) atoms. The summed E-state index contributed by atoms with van der Waals surface area (Å²) in [5.41, 5.74) is 0. The fourth-order valence-electron chi connectivity index (χ4n) is 2.47. The zero-order valence-corrected chi connectivity index (χ0v) is 14.3. The first kappa shape index (κ1) is 17.2. The van der Waals surface area contributed by atoms with Crippen LogP contribution in [0, 0.1) is 5.92 Å². The predicted octanol–water partition coefficient (Wildman–Crippen LogP) is 2.27. The summed E-state index contributed by atoms with van der Waals surface area (Å²) in [6.45, 7) is 5.11. The number of nitrogens with zero attached hydrogens (tertiary/aromatic N) is 1. The summed E-state index contributed by atoms with van der Waals surface area (Å²) in [4.78, 5) is 14.2. The lowest BCUT2D eigenvalue weighted by atomic mass is 9.99. The molecule has 0 radical (unpaired) electrons. The average Bonchev–Trinajstić information content (AvgIpc) is 2.47. The zero-order chi connectivity index (χ0) is 16.3. The van der Waals surface area contributed by atoms with Gasteiger partial charge >= 0.3 is 0 Å². The van der Waals surface area contributed by atoms with Gasteiger partial charge in [-0.05, 0) is 49.9 Å². The van der Waals surface area contributed by atoms with Crippen LogP contribution in [-0.2, 0) is 14.8 Å². The second kappa shape index (κ2) is 6.98. The van der Waals surface area contributed by atoms with E-state index in [1.807, 2.05) is 0 Å². The molecule has 1 heterocycles. The molecule has 2 rings (SSSR count). The van der Waals surface area contributed by atoms with Crippen LogP contribution in [0.5, 0.6) is 0 Å². The molecular formula is C15H21ClN2O3S. The highest BCUT2D eigenvalue weighted by molar-refractivity contribution is 7.89. The van der Waals surface area contributed by atoms with Crippen LogP contribution >= 0.6 is 11.6 Å². The van der Waals surface area contributed by atoms with Crippen LogP contribution < -0.4 is 4.72 Å². The summed E-state index contributed by atoms with van der Waals surface area (Å²) >= 11 is 5.76. The van der Waals surface area contributed by atoms with Gasteiger partial charge in [-0.2, -0.15) is 4.72 Å². The van der Waals surface area contributed by atoms with Gasteiger partial charge in [0.15, 0.2) is 0 Å². The van der Waals surface area contributed by atoms with Crippen molar-refractivity contribution in [1.82, 2.24) is 9.62 Å². The number of rotatable bonds is 4. The molecule has 0 spiro atoms. The molecule has 1 atom stereocenters. The van der Waals surface area contributed by atoms with E-state index in [-0.39, 0.29) is 10.8 Å². The minimum atomic E-state index is -3.73. The van der Waals surface area contributed by atoms with Crippen molar-refractivity contribution in [2.45, 2.75) is 37.6 Å². The fourth-order valence-corrected chi connectivity index (χ4v) is 3.79. The number of hydrogen-bond donors (Lipinski definition) is 1. The van der Waals surface area contributed by atoms with Gasteiger partial charge in [-0.1, -0.05) is 18.5 Å². The Bertz CT molecular complexity index is 623. The third-order valence-electron chi connectivity index (χ3n) is 3.92. The van der Waals surface area contributed by atoms with Crippen LogP contribution in [0.2, 0.25) is 5.02 Å². The molecule has 0 saturated carbocycles. The largest absolute Gasteiger partial charge is 0.341 e. The smallest absolute Gasteiger partial charge is 0.241 e. The molecule has 7 heteroatoms. The summed E-state index contributed by atoms with van der Waals surface area (Å²) in [5, 5.41) is 0.463. The van der Waals surface area contributed by atoms with Crippen molar-refractivity contribution in [3.8, 4) is 0 Å². The van der Waals surface area contributed by atoms with E-state index in [0.717, 1.165) is 12.8 Å². The quantitative estimate of drug-likeness (QED) is 0.911. The van der Waals surface area contributed by atoms with Crippen molar-refractivity contribution < 1.29 is 13.2 Å². The number of amides is 1. The van der Waals surface area contributed by atoms with E-state index in [0.29, 0.717) is 24.0 Å². The number of halogens is 1. The number of sulfonamides is 1. The van der Waals surface area contributed by atoms with E-state index in [9.17, 15) is 13.2 Å². The van der Waals surface area contributed by atoms with Gasteiger partial charge in [-0.3, -0.25) is 4.79 Å².